The SMILES string of the molecule is COc1cc(Cl)cc2c(C(C)C)nc(C(C)C)cc12. The molecule has 1 heterocycles. The van der Waals surface area contributed by atoms with E-state index < -0.39 is 0 Å². The predicted octanol–water partition coefficient (Wildman–Crippen LogP) is 5.14. The number of benzene rings is 1. The molecule has 0 bridgehead atoms. The quantitative estimate of drug-likeness (QED) is 0.775. The largest absolute Gasteiger partial charge is 0.496 e. The first kappa shape index (κ1) is 14.1. The van der Waals surface area contributed by atoms with Crippen LogP contribution < -0.4 is 4.74 Å². The molecule has 0 radical (unpaired) electrons. The van der Waals surface area contributed by atoms with Crippen LogP contribution in [0, 0.1) is 0 Å². The van der Waals surface area contributed by atoms with E-state index in [1.165, 1.54) is 0 Å². The molecule has 0 N–H and O–H groups in total. The van der Waals surface area contributed by atoms with Crippen LogP contribution in [0.4, 0.5) is 0 Å². The van der Waals surface area contributed by atoms with Gasteiger partial charge in [-0.1, -0.05) is 39.3 Å². The van der Waals surface area contributed by atoms with E-state index in [1.807, 2.05) is 12.1 Å². The number of pyridine rings is 1. The van der Waals surface area contributed by atoms with Gasteiger partial charge in [-0.3, -0.25) is 4.98 Å². The normalized spacial score (nSPS) is 11.6. The molecule has 0 spiro atoms. The van der Waals surface area contributed by atoms with Crippen molar-refractivity contribution in [3.63, 3.8) is 0 Å². The van der Waals surface area contributed by atoms with Crippen molar-refractivity contribution in [1.29, 1.82) is 0 Å². The number of hydrogen-bond donors (Lipinski definition) is 0. The molecule has 1 aromatic heterocycles. The lowest BCUT2D eigenvalue weighted by Gasteiger charge is -2.16. The van der Waals surface area contributed by atoms with Crippen molar-refractivity contribution in [3.05, 3.63) is 34.6 Å². The predicted molar refractivity (Wildman–Crippen MR) is 81.5 cm³/mol. The van der Waals surface area contributed by atoms with Crippen molar-refractivity contribution in [2.24, 2.45) is 0 Å². The van der Waals surface area contributed by atoms with E-state index >= 15 is 0 Å². The van der Waals surface area contributed by atoms with E-state index in [0.717, 1.165) is 27.9 Å². The molecule has 19 heavy (non-hydrogen) atoms. The lowest BCUT2D eigenvalue weighted by Crippen LogP contribution is -2.02. The zero-order chi connectivity index (χ0) is 14.2. The molecular formula is C16H20ClNO. The highest BCUT2D eigenvalue weighted by Gasteiger charge is 2.15. The third kappa shape index (κ3) is 2.69. The molecule has 0 aliphatic carbocycles. The van der Waals surface area contributed by atoms with E-state index in [-0.39, 0.29) is 0 Å². The number of halogens is 1. The Morgan fingerprint density at radius 2 is 1.68 bits per heavy atom. The molecule has 0 aliphatic heterocycles. The zero-order valence-corrected chi connectivity index (χ0v) is 12.9. The summed E-state index contributed by atoms with van der Waals surface area (Å²) < 4.78 is 5.47. The fourth-order valence-corrected chi connectivity index (χ4v) is 2.45. The molecule has 0 atom stereocenters. The van der Waals surface area contributed by atoms with E-state index in [4.69, 9.17) is 21.3 Å². The van der Waals surface area contributed by atoms with Crippen LogP contribution in [0.15, 0.2) is 18.2 Å². The van der Waals surface area contributed by atoms with Gasteiger partial charge in [-0.15, -0.1) is 0 Å². The topological polar surface area (TPSA) is 22.1 Å². The van der Waals surface area contributed by atoms with Crippen LogP contribution in [0.2, 0.25) is 5.02 Å². The average molecular weight is 278 g/mol. The number of nitrogens with zero attached hydrogens (tertiary/aromatic N) is 1. The Hall–Kier alpha value is -1.28. The molecule has 102 valence electrons. The molecule has 0 fully saturated rings. The van der Waals surface area contributed by atoms with Crippen LogP contribution in [0.5, 0.6) is 5.75 Å². The maximum absolute atomic E-state index is 6.17. The number of ether oxygens (including phenoxy) is 1. The van der Waals surface area contributed by atoms with Gasteiger partial charge in [0.2, 0.25) is 0 Å². The lowest BCUT2D eigenvalue weighted by molar-refractivity contribution is 0.419. The van der Waals surface area contributed by atoms with E-state index in [2.05, 4.69) is 33.8 Å². The number of hydrogen-bond acceptors (Lipinski definition) is 2. The highest BCUT2D eigenvalue weighted by molar-refractivity contribution is 6.31. The van der Waals surface area contributed by atoms with Crippen molar-refractivity contribution < 1.29 is 4.74 Å². The van der Waals surface area contributed by atoms with Crippen molar-refractivity contribution >= 4 is 22.4 Å². The maximum atomic E-state index is 6.17. The lowest BCUT2D eigenvalue weighted by atomic mass is 9.98. The van der Waals surface area contributed by atoms with Gasteiger partial charge < -0.3 is 4.74 Å². The molecule has 1 aromatic carbocycles. The van der Waals surface area contributed by atoms with Gasteiger partial charge in [-0.05, 0) is 30.0 Å². The number of rotatable bonds is 3. The Labute approximate surface area is 119 Å². The van der Waals surface area contributed by atoms with E-state index in [1.54, 1.807) is 7.11 Å². The smallest absolute Gasteiger partial charge is 0.128 e. The highest BCUT2D eigenvalue weighted by atomic mass is 35.5. The van der Waals surface area contributed by atoms with Crippen LogP contribution in [-0.4, -0.2) is 12.1 Å². The second kappa shape index (κ2) is 5.38. The third-order valence-electron chi connectivity index (χ3n) is 3.28. The molecule has 0 unspecified atom stereocenters. The van der Waals surface area contributed by atoms with Gasteiger partial charge in [-0.2, -0.15) is 0 Å². The van der Waals surface area contributed by atoms with Crippen molar-refractivity contribution in [2.45, 2.75) is 39.5 Å². The zero-order valence-electron chi connectivity index (χ0n) is 12.1. The summed E-state index contributed by atoms with van der Waals surface area (Å²) in [7, 11) is 1.68. The molecule has 0 amide bonds. The minimum Gasteiger partial charge on any atom is -0.496 e. The van der Waals surface area contributed by atoms with Crippen LogP contribution >= 0.6 is 11.6 Å². The second-order valence-corrected chi connectivity index (χ2v) is 5.88. The first-order valence-corrected chi connectivity index (χ1v) is 7.00. The molecule has 2 aromatic rings. The molecule has 0 aliphatic rings. The molecule has 0 saturated carbocycles. The highest BCUT2D eigenvalue weighted by Crippen LogP contribution is 2.35. The molecular weight excluding hydrogens is 258 g/mol. The summed E-state index contributed by atoms with van der Waals surface area (Å²) in [6, 6.07) is 5.95. The summed E-state index contributed by atoms with van der Waals surface area (Å²) in [5.74, 6) is 1.56. The molecule has 2 rings (SSSR count). The number of aromatic nitrogens is 1. The van der Waals surface area contributed by atoms with Crippen LogP contribution in [0.1, 0.15) is 50.9 Å². The minimum atomic E-state index is 0.351. The summed E-state index contributed by atoms with van der Waals surface area (Å²) in [5.41, 5.74) is 2.18. The Bertz CT molecular complexity index is 605. The van der Waals surface area contributed by atoms with Gasteiger partial charge in [0.05, 0.1) is 12.8 Å². The van der Waals surface area contributed by atoms with E-state index in [0.29, 0.717) is 16.9 Å². The van der Waals surface area contributed by atoms with Gasteiger partial charge in [0.1, 0.15) is 5.75 Å². The van der Waals surface area contributed by atoms with Crippen molar-refractivity contribution in [1.82, 2.24) is 4.98 Å². The van der Waals surface area contributed by atoms with Gasteiger partial charge in [0.15, 0.2) is 0 Å². The second-order valence-electron chi connectivity index (χ2n) is 5.44. The molecule has 3 heteroatoms. The summed E-state index contributed by atoms with van der Waals surface area (Å²) in [6.45, 7) is 8.61. The van der Waals surface area contributed by atoms with Gasteiger partial charge in [-0.25, -0.2) is 0 Å². The van der Waals surface area contributed by atoms with Gasteiger partial charge in [0, 0.05) is 21.5 Å². The minimum absolute atomic E-state index is 0.351. The first-order valence-electron chi connectivity index (χ1n) is 6.62. The Morgan fingerprint density at radius 3 is 2.21 bits per heavy atom. The Balaban J connectivity index is 2.86. The standard InChI is InChI=1S/C16H20ClNO/c1-9(2)14-8-12-13(16(18-14)10(3)4)6-11(17)7-15(12)19-5/h6-10H,1-5H3. The van der Waals surface area contributed by atoms with Crippen molar-refractivity contribution in [2.75, 3.05) is 7.11 Å². The summed E-state index contributed by atoms with van der Waals surface area (Å²) >= 11 is 6.17. The van der Waals surface area contributed by atoms with Gasteiger partial charge in [0.25, 0.3) is 0 Å². The average Bonchev–Trinajstić information content (AvgIpc) is 2.36. The number of fused-ring (bicyclic) bond motifs is 1. The monoisotopic (exact) mass is 277 g/mol. The summed E-state index contributed by atoms with van der Waals surface area (Å²) in [5, 5.41) is 2.86. The fraction of sp³-hybridized carbons (Fsp3) is 0.438. The number of methoxy groups -OCH3 is 1. The van der Waals surface area contributed by atoms with Crippen molar-refractivity contribution in [3.8, 4) is 5.75 Å². The summed E-state index contributed by atoms with van der Waals surface area (Å²) in [6.07, 6.45) is 0. The van der Waals surface area contributed by atoms with E-state index in [9.17, 15) is 0 Å². The van der Waals surface area contributed by atoms with Gasteiger partial charge >= 0.3 is 0 Å². The fourth-order valence-electron chi connectivity index (χ4n) is 2.24. The summed E-state index contributed by atoms with van der Waals surface area (Å²) in [4.78, 5) is 4.80. The first-order chi connectivity index (χ1) is 8.93. The van der Waals surface area contributed by atoms with Crippen LogP contribution in [-0.2, 0) is 0 Å². The third-order valence-corrected chi connectivity index (χ3v) is 3.50. The molecule has 0 saturated heterocycles. The Morgan fingerprint density at radius 1 is 1.00 bits per heavy atom. The Kier molecular flexibility index (Phi) is 4.00. The maximum Gasteiger partial charge on any atom is 0.128 e. The van der Waals surface area contributed by atoms with Crippen LogP contribution in [0.3, 0.4) is 0 Å². The van der Waals surface area contributed by atoms with Crippen LogP contribution in [0.25, 0.3) is 10.8 Å². The molecule has 2 nitrogen and oxygen atoms in total.